The summed E-state index contributed by atoms with van der Waals surface area (Å²) in [6.45, 7) is 0.252. The van der Waals surface area contributed by atoms with Gasteiger partial charge in [-0.3, -0.25) is 4.79 Å². The van der Waals surface area contributed by atoms with E-state index in [9.17, 15) is 9.59 Å². The van der Waals surface area contributed by atoms with Crippen LogP contribution in [-0.2, 0) is 9.59 Å². The van der Waals surface area contributed by atoms with E-state index in [4.69, 9.17) is 5.11 Å². The zero-order valence-electron chi connectivity index (χ0n) is 6.17. The van der Waals surface area contributed by atoms with Crippen LogP contribution in [0.4, 0.5) is 0 Å². The summed E-state index contributed by atoms with van der Waals surface area (Å²) in [5, 5.41) is 11.4. The smallest absolute Gasteiger partial charge is 0.221 e. The van der Waals surface area contributed by atoms with Gasteiger partial charge in [0.05, 0.1) is 12.0 Å². The van der Waals surface area contributed by atoms with Crippen LogP contribution in [0.1, 0.15) is 12.8 Å². The maximum atomic E-state index is 10.8. The van der Waals surface area contributed by atoms with Crippen molar-refractivity contribution in [2.45, 2.75) is 12.8 Å². The Morgan fingerprint density at radius 1 is 1.73 bits per heavy atom. The van der Waals surface area contributed by atoms with E-state index in [0.29, 0.717) is 19.3 Å². The molecule has 0 aromatic rings. The first kappa shape index (κ1) is 8.20. The number of hydrogen-bond donors (Lipinski definition) is 2. The summed E-state index contributed by atoms with van der Waals surface area (Å²) in [5.41, 5.74) is -0.803. The van der Waals surface area contributed by atoms with Crippen LogP contribution in [0.3, 0.4) is 0 Å². The average molecular weight is 157 g/mol. The van der Waals surface area contributed by atoms with E-state index < -0.39 is 5.41 Å². The molecule has 62 valence electrons. The Kier molecular flexibility index (Phi) is 2.24. The van der Waals surface area contributed by atoms with Crippen molar-refractivity contribution in [1.82, 2.24) is 5.32 Å². The second-order valence-electron chi connectivity index (χ2n) is 2.92. The molecule has 1 aliphatic rings. The molecule has 0 saturated carbocycles. The Morgan fingerprint density at radius 2 is 2.45 bits per heavy atom. The summed E-state index contributed by atoms with van der Waals surface area (Å²) in [7, 11) is 0. The van der Waals surface area contributed by atoms with E-state index in [1.807, 2.05) is 0 Å². The monoisotopic (exact) mass is 157 g/mol. The third kappa shape index (κ3) is 1.57. The van der Waals surface area contributed by atoms with Gasteiger partial charge in [-0.15, -0.1) is 0 Å². The molecule has 1 amide bonds. The largest absolute Gasteiger partial charge is 0.395 e. The number of piperidine rings is 1. The lowest BCUT2D eigenvalue weighted by Gasteiger charge is -2.29. The maximum absolute atomic E-state index is 10.8. The zero-order chi connectivity index (χ0) is 8.32. The molecule has 0 aliphatic carbocycles. The van der Waals surface area contributed by atoms with Gasteiger partial charge in [0.15, 0.2) is 0 Å². The highest BCUT2D eigenvalue weighted by molar-refractivity contribution is 5.82. The average Bonchev–Trinajstić information content (AvgIpc) is 2.04. The third-order valence-electron chi connectivity index (χ3n) is 2.02. The van der Waals surface area contributed by atoms with Crippen molar-refractivity contribution in [2.75, 3.05) is 13.2 Å². The minimum atomic E-state index is -0.803. The number of amides is 1. The number of nitrogens with one attached hydrogen (secondary N) is 1. The second-order valence-corrected chi connectivity index (χ2v) is 2.92. The minimum absolute atomic E-state index is 0.118. The van der Waals surface area contributed by atoms with Crippen LogP contribution < -0.4 is 5.32 Å². The normalized spacial score (nSPS) is 31.2. The summed E-state index contributed by atoms with van der Waals surface area (Å²) in [4.78, 5) is 21.3. The van der Waals surface area contributed by atoms with E-state index in [1.165, 1.54) is 0 Å². The molecule has 1 fully saturated rings. The lowest BCUT2D eigenvalue weighted by molar-refractivity contribution is -0.133. The maximum Gasteiger partial charge on any atom is 0.221 e. The topological polar surface area (TPSA) is 66.4 Å². The van der Waals surface area contributed by atoms with Crippen LogP contribution in [0.25, 0.3) is 0 Å². The highest BCUT2D eigenvalue weighted by Crippen LogP contribution is 2.25. The molecule has 1 aliphatic heterocycles. The molecule has 1 rings (SSSR count). The van der Waals surface area contributed by atoms with Gasteiger partial charge >= 0.3 is 0 Å². The number of aliphatic hydroxyl groups is 1. The first-order valence-corrected chi connectivity index (χ1v) is 3.56. The van der Waals surface area contributed by atoms with Crippen molar-refractivity contribution in [3.05, 3.63) is 0 Å². The molecule has 0 aromatic carbocycles. The molecule has 4 nitrogen and oxygen atoms in total. The standard InChI is InChI=1S/C7H11NO3/c9-4-7(5-10)1-2-8-6(11)3-7/h4,10H,1-3,5H2,(H,8,11). The van der Waals surface area contributed by atoms with Gasteiger partial charge in [0.25, 0.3) is 0 Å². The third-order valence-corrected chi connectivity index (χ3v) is 2.02. The van der Waals surface area contributed by atoms with Gasteiger partial charge in [0, 0.05) is 13.0 Å². The van der Waals surface area contributed by atoms with Gasteiger partial charge in [-0.25, -0.2) is 0 Å². The van der Waals surface area contributed by atoms with Crippen molar-refractivity contribution in [3.63, 3.8) is 0 Å². The fourth-order valence-corrected chi connectivity index (χ4v) is 1.19. The first-order valence-electron chi connectivity index (χ1n) is 3.56. The fourth-order valence-electron chi connectivity index (χ4n) is 1.19. The number of carbonyl (C=O) groups is 2. The Morgan fingerprint density at radius 3 is 2.82 bits per heavy atom. The zero-order valence-corrected chi connectivity index (χ0v) is 6.17. The molecule has 1 atom stereocenters. The summed E-state index contributed by atoms with van der Waals surface area (Å²) >= 11 is 0. The van der Waals surface area contributed by atoms with E-state index in [-0.39, 0.29) is 18.9 Å². The predicted octanol–water partition coefficient (Wildman–Crippen LogP) is -0.926. The Hall–Kier alpha value is -0.900. The van der Waals surface area contributed by atoms with Crippen LogP contribution in [-0.4, -0.2) is 30.5 Å². The number of rotatable bonds is 2. The number of aldehydes is 1. The van der Waals surface area contributed by atoms with Crippen molar-refractivity contribution in [1.29, 1.82) is 0 Å². The number of hydrogen-bond acceptors (Lipinski definition) is 3. The molecule has 1 unspecified atom stereocenters. The molecule has 2 N–H and O–H groups in total. The van der Waals surface area contributed by atoms with Crippen LogP contribution >= 0.6 is 0 Å². The highest BCUT2D eigenvalue weighted by Gasteiger charge is 2.34. The van der Waals surface area contributed by atoms with Crippen molar-refractivity contribution < 1.29 is 14.7 Å². The van der Waals surface area contributed by atoms with Crippen LogP contribution in [0, 0.1) is 5.41 Å². The summed E-state index contributed by atoms with van der Waals surface area (Å²) < 4.78 is 0. The Labute approximate surface area is 64.6 Å². The van der Waals surface area contributed by atoms with Crippen LogP contribution in [0.2, 0.25) is 0 Å². The molecular formula is C7H11NO3. The van der Waals surface area contributed by atoms with E-state index >= 15 is 0 Å². The van der Waals surface area contributed by atoms with Crippen molar-refractivity contribution in [2.24, 2.45) is 5.41 Å². The van der Waals surface area contributed by atoms with Gasteiger partial charge in [0.2, 0.25) is 5.91 Å². The van der Waals surface area contributed by atoms with Crippen molar-refractivity contribution in [3.8, 4) is 0 Å². The minimum Gasteiger partial charge on any atom is -0.395 e. The molecule has 0 radical (unpaired) electrons. The van der Waals surface area contributed by atoms with Gasteiger partial charge in [0.1, 0.15) is 6.29 Å². The SMILES string of the molecule is O=CC1(CO)CCNC(=O)C1. The van der Waals surface area contributed by atoms with Crippen molar-refractivity contribution >= 4 is 12.2 Å². The van der Waals surface area contributed by atoms with E-state index in [1.54, 1.807) is 0 Å². The summed E-state index contributed by atoms with van der Waals surface area (Å²) in [6, 6.07) is 0. The number of aliphatic hydroxyl groups excluding tert-OH is 1. The van der Waals surface area contributed by atoms with Crippen LogP contribution in [0.5, 0.6) is 0 Å². The van der Waals surface area contributed by atoms with Gasteiger partial charge in [-0.1, -0.05) is 0 Å². The summed E-state index contributed by atoms with van der Waals surface area (Å²) in [5.74, 6) is -0.155. The molecule has 0 spiro atoms. The van der Waals surface area contributed by atoms with Gasteiger partial charge in [-0.2, -0.15) is 0 Å². The Balaban J connectivity index is 2.67. The lowest BCUT2D eigenvalue weighted by atomic mass is 9.81. The van der Waals surface area contributed by atoms with Gasteiger partial charge < -0.3 is 15.2 Å². The quantitative estimate of drug-likeness (QED) is 0.509. The first-order chi connectivity index (χ1) is 5.22. The molecule has 0 bridgehead atoms. The molecule has 0 aromatic heterocycles. The fraction of sp³-hybridized carbons (Fsp3) is 0.714. The molecule has 11 heavy (non-hydrogen) atoms. The van der Waals surface area contributed by atoms with E-state index in [0.717, 1.165) is 0 Å². The van der Waals surface area contributed by atoms with Crippen LogP contribution in [0.15, 0.2) is 0 Å². The molecule has 1 heterocycles. The number of carbonyl (C=O) groups excluding carboxylic acids is 2. The Bertz CT molecular complexity index is 181. The highest BCUT2D eigenvalue weighted by atomic mass is 16.3. The predicted molar refractivity (Wildman–Crippen MR) is 37.8 cm³/mol. The van der Waals surface area contributed by atoms with Gasteiger partial charge in [-0.05, 0) is 6.42 Å². The van der Waals surface area contributed by atoms with E-state index in [2.05, 4.69) is 5.32 Å². The second kappa shape index (κ2) is 3.00. The lowest BCUT2D eigenvalue weighted by Crippen LogP contribution is -2.43. The molecule has 1 saturated heterocycles. The molecular weight excluding hydrogens is 146 g/mol. The molecule has 4 heteroatoms. The summed E-state index contributed by atoms with van der Waals surface area (Å²) in [6.07, 6.45) is 1.34.